The largest absolute Gasteiger partial charge is 0.483 e. The van der Waals surface area contributed by atoms with Crippen LogP contribution in [-0.4, -0.2) is 19.8 Å². The third kappa shape index (κ3) is 2.25. The fraction of sp³-hybridized carbons (Fsp3) is 0.133. The van der Waals surface area contributed by atoms with Gasteiger partial charge in [0.1, 0.15) is 11.9 Å². The number of hydrogen-bond acceptors (Lipinski definition) is 6. The van der Waals surface area contributed by atoms with Gasteiger partial charge in [-0.05, 0) is 31.2 Å². The molecule has 0 saturated carbocycles. The van der Waals surface area contributed by atoms with Gasteiger partial charge in [-0.15, -0.1) is 10.2 Å². The van der Waals surface area contributed by atoms with Crippen LogP contribution in [0.1, 0.15) is 18.0 Å². The van der Waals surface area contributed by atoms with Gasteiger partial charge in [0.2, 0.25) is 10.8 Å². The Morgan fingerprint density at radius 3 is 2.77 bits per heavy atom. The molecule has 6 nitrogen and oxygen atoms in total. The quantitative estimate of drug-likeness (QED) is 0.576. The molecule has 3 heterocycles. The fourth-order valence-corrected chi connectivity index (χ4v) is 2.93. The molecule has 0 saturated heterocycles. The molecule has 0 radical (unpaired) electrons. The third-order valence-corrected chi connectivity index (χ3v) is 4.21. The Balaban J connectivity index is 1.65. The van der Waals surface area contributed by atoms with Crippen molar-refractivity contribution in [1.29, 1.82) is 0 Å². The Bertz CT molecular complexity index is 883. The molecule has 4 rings (SSSR count). The molecule has 1 aromatic carbocycles. The number of aromatic nitrogens is 4. The Morgan fingerprint density at radius 2 is 2.00 bits per heavy atom. The van der Waals surface area contributed by atoms with Gasteiger partial charge < -0.3 is 9.15 Å². The van der Waals surface area contributed by atoms with Crippen LogP contribution < -0.4 is 4.74 Å². The minimum absolute atomic E-state index is 0.168. The van der Waals surface area contributed by atoms with Gasteiger partial charge in [0, 0.05) is 0 Å². The summed E-state index contributed by atoms with van der Waals surface area (Å²) in [4.78, 5) is 0.713. The van der Waals surface area contributed by atoms with E-state index >= 15 is 0 Å². The van der Waals surface area contributed by atoms with Crippen LogP contribution in [-0.2, 0) is 0 Å². The lowest BCUT2D eigenvalue weighted by Gasteiger charge is -2.11. The summed E-state index contributed by atoms with van der Waals surface area (Å²) in [5, 5.41) is 13.6. The molecule has 0 fully saturated rings. The Hall–Kier alpha value is -2.67. The van der Waals surface area contributed by atoms with Gasteiger partial charge in [0.05, 0.1) is 6.26 Å². The summed E-state index contributed by atoms with van der Waals surface area (Å²) in [6.07, 6.45) is 1.43. The maximum atomic E-state index is 5.89. The van der Waals surface area contributed by atoms with Crippen LogP contribution in [0, 0.1) is 0 Å². The van der Waals surface area contributed by atoms with Crippen molar-refractivity contribution in [3.63, 3.8) is 0 Å². The Morgan fingerprint density at radius 1 is 1.14 bits per heavy atom. The predicted octanol–water partition coefficient (Wildman–Crippen LogP) is 3.59. The van der Waals surface area contributed by atoms with Gasteiger partial charge >= 0.3 is 0 Å². The third-order valence-electron chi connectivity index (χ3n) is 3.15. The fourth-order valence-electron chi connectivity index (χ4n) is 2.11. The summed E-state index contributed by atoms with van der Waals surface area (Å²) in [7, 11) is 0. The minimum atomic E-state index is -0.168. The van der Waals surface area contributed by atoms with Crippen molar-refractivity contribution in [2.24, 2.45) is 0 Å². The average Bonchev–Trinajstić information content (AvgIpc) is 3.24. The molecule has 0 aliphatic heterocycles. The van der Waals surface area contributed by atoms with E-state index in [-0.39, 0.29) is 6.10 Å². The van der Waals surface area contributed by atoms with E-state index in [9.17, 15) is 0 Å². The molecule has 0 N–H and O–H groups in total. The standard InChI is InChI=1S/C15H12N4O2S/c1-10(21-11-6-3-2-4-7-11)14-18-19-13(12-8-5-9-20-12)16-17-15(19)22-14/h2-10H,1H3/t10-/m0/s1. The smallest absolute Gasteiger partial charge is 0.235 e. The zero-order valence-corrected chi connectivity index (χ0v) is 12.5. The highest BCUT2D eigenvalue weighted by Gasteiger charge is 2.19. The predicted molar refractivity (Wildman–Crippen MR) is 81.8 cm³/mol. The molecule has 4 aromatic rings. The van der Waals surface area contributed by atoms with Gasteiger partial charge in [0.25, 0.3) is 0 Å². The molecule has 0 aliphatic carbocycles. The highest BCUT2D eigenvalue weighted by atomic mass is 32.1. The number of hydrogen-bond donors (Lipinski definition) is 0. The molecule has 22 heavy (non-hydrogen) atoms. The second-order valence-electron chi connectivity index (χ2n) is 4.71. The number of fused-ring (bicyclic) bond motifs is 1. The first-order valence-electron chi connectivity index (χ1n) is 6.79. The van der Waals surface area contributed by atoms with Crippen LogP contribution in [0.4, 0.5) is 0 Å². The van der Waals surface area contributed by atoms with Crippen molar-refractivity contribution < 1.29 is 9.15 Å². The monoisotopic (exact) mass is 312 g/mol. The first-order chi connectivity index (χ1) is 10.8. The van der Waals surface area contributed by atoms with Crippen LogP contribution >= 0.6 is 11.3 Å². The number of benzene rings is 1. The number of para-hydroxylation sites is 1. The second-order valence-corrected chi connectivity index (χ2v) is 5.70. The van der Waals surface area contributed by atoms with E-state index in [2.05, 4.69) is 15.3 Å². The van der Waals surface area contributed by atoms with E-state index in [4.69, 9.17) is 9.15 Å². The van der Waals surface area contributed by atoms with Gasteiger partial charge in [-0.25, -0.2) is 0 Å². The van der Waals surface area contributed by atoms with Crippen LogP contribution in [0.2, 0.25) is 0 Å². The molecule has 3 aromatic heterocycles. The second kappa shape index (κ2) is 5.27. The Labute approximate surface area is 130 Å². The van der Waals surface area contributed by atoms with Gasteiger partial charge in [-0.3, -0.25) is 0 Å². The van der Waals surface area contributed by atoms with Crippen LogP contribution in [0.3, 0.4) is 0 Å². The molecule has 0 amide bonds. The molecule has 110 valence electrons. The lowest BCUT2D eigenvalue weighted by molar-refractivity contribution is 0.225. The molecule has 0 bridgehead atoms. The van der Waals surface area contributed by atoms with Gasteiger partial charge in [-0.1, -0.05) is 29.5 Å². The van der Waals surface area contributed by atoms with E-state index in [0.717, 1.165) is 10.8 Å². The average molecular weight is 312 g/mol. The summed E-state index contributed by atoms with van der Waals surface area (Å²) < 4.78 is 12.9. The normalized spacial score (nSPS) is 12.6. The molecule has 0 unspecified atom stereocenters. The molecular formula is C15H12N4O2S. The molecule has 7 heteroatoms. The zero-order valence-electron chi connectivity index (χ0n) is 11.7. The highest BCUT2D eigenvalue weighted by molar-refractivity contribution is 7.16. The first kappa shape index (κ1) is 13.0. The van der Waals surface area contributed by atoms with Crippen molar-refractivity contribution in [2.45, 2.75) is 13.0 Å². The molecule has 0 aliphatic rings. The van der Waals surface area contributed by atoms with Crippen molar-refractivity contribution in [1.82, 2.24) is 19.8 Å². The van der Waals surface area contributed by atoms with Crippen molar-refractivity contribution in [3.05, 3.63) is 53.7 Å². The van der Waals surface area contributed by atoms with Crippen LogP contribution in [0.25, 0.3) is 16.5 Å². The number of nitrogens with zero attached hydrogens (tertiary/aromatic N) is 4. The van der Waals surface area contributed by atoms with E-state index < -0.39 is 0 Å². The zero-order chi connectivity index (χ0) is 14.9. The topological polar surface area (TPSA) is 65.5 Å². The maximum Gasteiger partial charge on any atom is 0.235 e. The van der Waals surface area contributed by atoms with E-state index in [0.29, 0.717) is 16.5 Å². The highest BCUT2D eigenvalue weighted by Crippen LogP contribution is 2.27. The minimum Gasteiger partial charge on any atom is -0.483 e. The lowest BCUT2D eigenvalue weighted by Crippen LogP contribution is -2.03. The Kier molecular flexibility index (Phi) is 3.12. The maximum absolute atomic E-state index is 5.89. The van der Waals surface area contributed by atoms with Crippen molar-refractivity contribution in [2.75, 3.05) is 0 Å². The van der Waals surface area contributed by atoms with E-state index in [1.165, 1.54) is 11.3 Å². The first-order valence-corrected chi connectivity index (χ1v) is 7.60. The molecule has 0 spiro atoms. The summed E-state index contributed by atoms with van der Waals surface area (Å²) in [6.45, 7) is 1.96. The lowest BCUT2D eigenvalue weighted by atomic mass is 10.3. The number of ether oxygens (including phenoxy) is 1. The molecular weight excluding hydrogens is 300 g/mol. The van der Waals surface area contributed by atoms with Gasteiger partial charge in [-0.2, -0.15) is 9.61 Å². The van der Waals surface area contributed by atoms with E-state index in [1.54, 1.807) is 10.8 Å². The van der Waals surface area contributed by atoms with Crippen LogP contribution in [0.15, 0.2) is 53.1 Å². The SMILES string of the molecule is C[C@H](Oc1ccccc1)c1nn2c(-c3ccco3)nnc2s1. The molecule has 1 atom stereocenters. The number of furan rings is 1. The summed E-state index contributed by atoms with van der Waals surface area (Å²) in [5.74, 6) is 2.04. The summed E-state index contributed by atoms with van der Waals surface area (Å²) in [6, 6.07) is 13.3. The summed E-state index contributed by atoms with van der Waals surface area (Å²) >= 11 is 1.45. The summed E-state index contributed by atoms with van der Waals surface area (Å²) in [5.41, 5.74) is 0. The number of rotatable bonds is 4. The van der Waals surface area contributed by atoms with Crippen LogP contribution in [0.5, 0.6) is 5.75 Å². The van der Waals surface area contributed by atoms with Crippen molar-refractivity contribution >= 4 is 16.3 Å². The van der Waals surface area contributed by atoms with Gasteiger partial charge in [0.15, 0.2) is 10.8 Å². The van der Waals surface area contributed by atoms with Crippen molar-refractivity contribution in [3.8, 4) is 17.3 Å². The van der Waals surface area contributed by atoms with E-state index in [1.807, 2.05) is 49.4 Å².